The van der Waals surface area contributed by atoms with Crippen LogP contribution in [0, 0.1) is 0 Å². The number of furan rings is 1. The first-order chi connectivity index (χ1) is 11.2. The normalized spacial score (nSPS) is 11.0. The van der Waals surface area contributed by atoms with Crippen molar-refractivity contribution in [3.63, 3.8) is 0 Å². The Morgan fingerprint density at radius 2 is 2.17 bits per heavy atom. The van der Waals surface area contributed by atoms with Crippen LogP contribution in [-0.4, -0.2) is 22.8 Å². The molecule has 0 spiro atoms. The molecular formula is C18H16N2O3. The van der Waals surface area contributed by atoms with E-state index in [9.17, 15) is 4.79 Å². The molecule has 0 bridgehead atoms. The lowest BCUT2D eigenvalue weighted by Crippen LogP contribution is -2.14. The third-order valence-electron chi connectivity index (χ3n) is 3.32. The van der Waals surface area contributed by atoms with Gasteiger partial charge >= 0.3 is 0 Å². The SMILES string of the molecule is COc1cccc(CC(=O)n2ccc(C=Cc3ccco3)n2)c1. The molecule has 0 atom stereocenters. The second-order valence-corrected chi connectivity index (χ2v) is 4.96. The zero-order chi connectivity index (χ0) is 16.1. The van der Waals surface area contributed by atoms with Gasteiger partial charge in [-0.15, -0.1) is 0 Å². The Hall–Kier alpha value is -3.08. The Labute approximate surface area is 133 Å². The fourth-order valence-corrected chi connectivity index (χ4v) is 2.16. The van der Waals surface area contributed by atoms with Crippen LogP contribution in [0.2, 0.25) is 0 Å². The average molecular weight is 308 g/mol. The summed E-state index contributed by atoms with van der Waals surface area (Å²) in [4.78, 5) is 12.3. The minimum absolute atomic E-state index is 0.101. The van der Waals surface area contributed by atoms with Gasteiger partial charge in [-0.3, -0.25) is 4.79 Å². The van der Waals surface area contributed by atoms with E-state index in [1.807, 2.05) is 36.4 Å². The Balaban J connectivity index is 1.68. The zero-order valence-electron chi connectivity index (χ0n) is 12.7. The van der Waals surface area contributed by atoms with Crippen LogP contribution in [0.5, 0.6) is 5.75 Å². The van der Waals surface area contributed by atoms with Crippen molar-refractivity contribution in [1.82, 2.24) is 9.78 Å². The highest BCUT2D eigenvalue weighted by atomic mass is 16.5. The van der Waals surface area contributed by atoms with Gasteiger partial charge in [0.05, 0.1) is 25.5 Å². The summed E-state index contributed by atoms with van der Waals surface area (Å²) in [6.45, 7) is 0. The first-order valence-corrected chi connectivity index (χ1v) is 7.18. The number of nitrogens with zero attached hydrogens (tertiary/aromatic N) is 2. The quantitative estimate of drug-likeness (QED) is 0.723. The summed E-state index contributed by atoms with van der Waals surface area (Å²) in [5, 5.41) is 4.26. The molecule has 1 aromatic carbocycles. The van der Waals surface area contributed by atoms with Crippen molar-refractivity contribution in [2.24, 2.45) is 0 Å². The maximum absolute atomic E-state index is 12.3. The third kappa shape index (κ3) is 3.77. The van der Waals surface area contributed by atoms with Gasteiger partial charge in [0.25, 0.3) is 5.91 Å². The molecule has 0 saturated heterocycles. The topological polar surface area (TPSA) is 57.3 Å². The molecule has 0 aliphatic carbocycles. The lowest BCUT2D eigenvalue weighted by molar-refractivity contribution is 0.0898. The second kappa shape index (κ2) is 6.79. The molecule has 0 aliphatic rings. The van der Waals surface area contributed by atoms with Gasteiger partial charge in [-0.2, -0.15) is 5.10 Å². The van der Waals surface area contributed by atoms with Gasteiger partial charge in [-0.1, -0.05) is 12.1 Å². The maximum atomic E-state index is 12.3. The molecule has 0 fully saturated rings. The molecule has 23 heavy (non-hydrogen) atoms. The van der Waals surface area contributed by atoms with Crippen LogP contribution in [0.4, 0.5) is 0 Å². The molecule has 116 valence electrons. The summed E-state index contributed by atoms with van der Waals surface area (Å²) in [5.74, 6) is 1.37. The Bertz CT molecular complexity index is 816. The number of hydrogen-bond donors (Lipinski definition) is 0. The Morgan fingerprint density at radius 3 is 2.96 bits per heavy atom. The number of carbonyl (C=O) groups is 1. The molecule has 0 saturated carbocycles. The molecule has 2 aromatic heterocycles. The highest BCUT2D eigenvalue weighted by Crippen LogP contribution is 2.14. The molecule has 2 heterocycles. The van der Waals surface area contributed by atoms with Crippen molar-refractivity contribution >= 4 is 18.1 Å². The van der Waals surface area contributed by atoms with E-state index in [4.69, 9.17) is 9.15 Å². The van der Waals surface area contributed by atoms with E-state index in [1.54, 1.807) is 37.8 Å². The molecule has 3 rings (SSSR count). The van der Waals surface area contributed by atoms with Crippen LogP contribution in [0.15, 0.2) is 59.3 Å². The smallest absolute Gasteiger partial charge is 0.251 e. The van der Waals surface area contributed by atoms with E-state index in [0.717, 1.165) is 17.1 Å². The Morgan fingerprint density at radius 1 is 1.26 bits per heavy atom. The van der Waals surface area contributed by atoms with Gasteiger partial charge in [0.1, 0.15) is 11.5 Å². The van der Waals surface area contributed by atoms with Gasteiger partial charge < -0.3 is 9.15 Å². The van der Waals surface area contributed by atoms with Gasteiger partial charge in [-0.25, -0.2) is 4.68 Å². The number of hydrogen-bond acceptors (Lipinski definition) is 4. The van der Waals surface area contributed by atoms with Crippen LogP contribution in [0.1, 0.15) is 21.8 Å². The van der Waals surface area contributed by atoms with Gasteiger partial charge in [0.2, 0.25) is 0 Å². The van der Waals surface area contributed by atoms with Crippen molar-refractivity contribution in [3.05, 3.63) is 71.9 Å². The van der Waals surface area contributed by atoms with Crippen molar-refractivity contribution in [1.29, 1.82) is 0 Å². The minimum Gasteiger partial charge on any atom is -0.497 e. The van der Waals surface area contributed by atoms with Gasteiger partial charge in [-0.05, 0) is 48.0 Å². The maximum Gasteiger partial charge on any atom is 0.251 e. The number of aromatic nitrogens is 2. The number of rotatable bonds is 5. The molecule has 5 heteroatoms. The van der Waals surface area contributed by atoms with Crippen LogP contribution in [0.3, 0.4) is 0 Å². The molecule has 5 nitrogen and oxygen atoms in total. The number of carbonyl (C=O) groups excluding carboxylic acids is 1. The molecule has 0 unspecified atom stereocenters. The molecule has 0 radical (unpaired) electrons. The zero-order valence-corrected chi connectivity index (χ0v) is 12.7. The van der Waals surface area contributed by atoms with E-state index in [1.165, 1.54) is 4.68 Å². The number of benzene rings is 1. The third-order valence-corrected chi connectivity index (χ3v) is 3.32. The van der Waals surface area contributed by atoms with Crippen molar-refractivity contribution in [3.8, 4) is 5.75 Å². The highest BCUT2D eigenvalue weighted by Gasteiger charge is 2.08. The molecule has 0 aliphatic heterocycles. The summed E-state index contributed by atoms with van der Waals surface area (Å²) >= 11 is 0. The number of ether oxygens (including phenoxy) is 1. The summed E-state index contributed by atoms with van der Waals surface area (Å²) in [6.07, 6.45) is 7.13. The van der Waals surface area contributed by atoms with Crippen LogP contribution < -0.4 is 4.74 Å². The predicted molar refractivity (Wildman–Crippen MR) is 87.2 cm³/mol. The fraction of sp³-hybridized carbons (Fsp3) is 0.111. The Kier molecular flexibility index (Phi) is 4.38. The van der Waals surface area contributed by atoms with E-state index in [0.29, 0.717) is 5.69 Å². The van der Waals surface area contributed by atoms with E-state index in [2.05, 4.69) is 5.10 Å². The lowest BCUT2D eigenvalue weighted by atomic mass is 10.1. The van der Waals surface area contributed by atoms with Crippen molar-refractivity contribution < 1.29 is 13.9 Å². The standard InChI is InChI=1S/C18H16N2O3/c1-22-17-5-2-4-14(12-17)13-18(21)20-10-9-15(19-20)7-8-16-6-3-11-23-16/h2-12H,13H2,1H3. The van der Waals surface area contributed by atoms with E-state index in [-0.39, 0.29) is 12.3 Å². The highest BCUT2D eigenvalue weighted by molar-refractivity contribution is 5.81. The molecule has 3 aromatic rings. The summed E-state index contributed by atoms with van der Waals surface area (Å²) < 4.78 is 11.7. The average Bonchev–Trinajstić information content (AvgIpc) is 3.24. The summed E-state index contributed by atoms with van der Waals surface area (Å²) in [7, 11) is 1.60. The molecular weight excluding hydrogens is 292 g/mol. The van der Waals surface area contributed by atoms with Crippen molar-refractivity contribution in [2.45, 2.75) is 6.42 Å². The van der Waals surface area contributed by atoms with Crippen LogP contribution >= 0.6 is 0 Å². The first-order valence-electron chi connectivity index (χ1n) is 7.18. The molecule has 0 amide bonds. The second-order valence-electron chi connectivity index (χ2n) is 4.96. The summed E-state index contributed by atoms with van der Waals surface area (Å²) in [5.41, 5.74) is 1.58. The van der Waals surface area contributed by atoms with Gasteiger partial charge in [0.15, 0.2) is 0 Å². The number of methoxy groups -OCH3 is 1. The molecule has 0 N–H and O–H groups in total. The fourth-order valence-electron chi connectivity index (χ4n) is 2.16. The predicted octanol–water partition coefficient (Wildman–Crippen LogP) is 3.54. The van der Waals surface area contributed by atoms with E-state index < -0.39 is 0 Å². The monoisotopic (exact) mass is 308 g/mol. The van der Waals surface area contributed by atoms with Crippen molar-refractivity contribution in [2.75, 3.05) is 7.11 Å². The lowest BCUT2D eigenvalue weighted by Gasteiger charge is -2.04. The minimum atomic E-state index is -0.101. The van der Waals surface area contributed by atoms with Crippen LogP contribution in [0.25, 0.3) is 12.2 Å². The van der Waals surface area contributed by atoms with Gasteiger partial charge in [0, 0.05) is 6.20 Å². The van der Waals surface area contributed by atoms with E-state index >= 15 is 0 Å². The first kappa shape index (κ1) is 14.8. The summed E-state index contributed by atoms with van der Waals surface area (Å²) in [6, 6.07) is 12.9. The van der Waals surface area contributed by atoms with Crippen LogP contribution in [-0.2, 0) is 6.42 Å². The largest absolute Gasteiger partial charge is 0.497 e.